The van der Waals surface area contributed by atoms with Crippen LogP contribution in [0.15, 0.2) is 24.3 Å². The molecule has 0 atom stereocenters. The number of amides is 2. The topological polar surface area (TPSA) is 70.6 Å². The van der Waals surface area contributed by atoms with E-state index in [1.54, 1.807) is 0 Å². The first-order chi connectivity index (χ1) is 8.24. The van der Waals surface area contributed by atoms with Gasteiger partial charge in [0, 0.05) is 6.54 Å². The Morgan fingerprint density at radius 3 is 2.71 bits per heavy atom. The second-order valence-electron chi connectivity index (χ2n) is 3.52. The molecule has 2 amide bonds. The van der Waals surface area contributed by atoms with Gasteiger partial charge in [-0.1, -0.05) is 18.2 Å². The number of hydrogen-bond acceptors (Lipinski definition) is 3. The summed E-state index contributed by atoms with van der Waals surface area (Å²) in [6, 6.07) is 7.41. The Balaban J connectivity index is 2.16. The number of carbonyl (C=O) groups excluding carboxylic acids is 1. The summed E-state index contributed by atoms with van der Waals surface area (Å²) in [5.74, 6) is 0.824. The van der Waals surface area contributed by atoms with Gasteiger partial charge < -0.3 is 20.5 Å². The Hall–Kier alpha value is -1.75. The van der Waals surface area contributed by atoms with Gasteiger partial charge in [-0.2, -0.15) is 0 Å². The van der Waals surface area contributed by atoms with Crippen LogP contribution in [0.5, 0.6) is 5.75 Å². The molecule has 1 rings (SSSR count). The van der Waals surface area contributed by atoms with Crippen LogP contribution in [0.1, 0.15) is 5.56 Å². The number of aryl methyl sites for hydroxylation is 1. The lowest BCUT2D eigenvalue weighted by Gasteiger charge is -2.10. The monoisotopic (exact) mass is 238 g/mol. The molecular weight excluding hydrogens is 220 g/mol. The highest BCUT2D eigenvalue weighted by Crippen LogP contribution is 2.15. The molecular formula is C12H18N2O3. The predicted octanol–water partition coefficient (Wildman–Crippen LogP) is 0.665. The first-order valence-electron chi connectivity index (χ1n) is 5.55. The highest BCUT2D eigenvalue weighted by molar-refractivity contribution is 5.73. The highest BCUT2D eigenvalue weighted by Gasteiger charge is 1.99. The zero-order chi connectivity index (χ0) is 12.5. The molecule has 0 saturated heterocycles. The van der Waals surface area contributed by atoms with E-state index in [1.807, 2.05) is 31.2 Å². The summed E-state index contributed by atoms with van der Waals surface area (Å²) in [6.45, 7) is 3.00. The minimum atomic E-state index is -0.299. The number of aliphatic hydroxyl groups is 1. The zero-order valence-electron chi connectivity index (χ0n) is 9.90. The second-order valence-corrected chi connectivity index (χ2v) is 3.52. The lowest BCUT2D eigenvalue weighted by atomic mass is 10.2. The van der Waals surface area contributed by atoms with E-state index in [1.165, 1.54) is 0 Å². The normalized spacial score (nSPS) is 9.76. The van der Waals surface area contributed by atoms with E-state index in [9.17, 15) is 4.79 Å². The molecule has 0 fully saturated rings. The molecule has 0 bridgehead atoms. The van der Waals surface area contributed by atoms with Crippen LogP contribution in [0.2, 0.25) is 0 Å². The summed E-state index contributed by atoms with van der Waals surface area (Å²) in [5, 5.41) is 13.6. The lowest BCUT2D eigenvalue weighted by Crippen LogP contribution is -2.38. The van der Waals surface area contributed by atoms with Crippen molar-refractivity contribution in [3.05, 3.63) is 29.8 Å². The molecule has 0 aliphatic carbocycles. The Labute approximate surface area is 101 Å². The van der Waals surface area contributed by atoms with Gasteiger partial charge in [0.1, 0.15) is 12.4 Å². The molecule has 0 aliphatic rings. The number of ether oxygens (including phenoxy) is 1. The fourth-order valence-corrected chi connectivity index (χ4v) is 1.28. The maximum Gasteiger partial charge on any atom is 0.314 e. The number of urea groups is 1. The maximum atomic E-state index is 11.1. The average molecular weight is 238 g/mol. The van der Waals surface area contributed by atoms with Gasteiger partial charge in [0.15, 0.2) is 0 Å². The molecule has 0 aliphatic heterocycles. The van der Waals surface area contributed by atoms with Crippen molar-refractivity contribution in [2.75, 3.05) is 26.3 Å². The summed E-state index contributed by atoms with van der Waals surface area (Å²) < 4.78 is 5.50. The Morgan fingerprint density at radius 1 is 1.29 bits per heavy atom. The van der Waals surface area contributed by atoms with Gasteiger partial charge in [0.05, 0.1) is 13.2 Å². The summed E-state index contributed by atoms with van der Waals surface area (Å²) in [6.07, 6.45) is 0. The number of benzene rings is 1. The smallest absolute Gasteiger partial charge is 0.314 e. The molecule has 1 aromatic rings. The lowest BCUT2D eigenvalue weighted by molar-refractivity contribution is 0.230. The maximum absolute atomic E-state index is 11.1. The van der Waals surface area contributed by atoms with Gasteiger partial charge in [-0.05, 0) is 18.6 Å². The third-order valence-electron chi connectivity index (χ3n) is 2.14. The molecule has 17 heavy (non-hydrogen) atoms. The fourth-order valence-electron chi connectivity index (χ4n) is 1.28. The first-order valence-corrected chi connectivity index (χ1v) is 5.55. The van der Waals surface area contributed by atoms with Crippen molar-refractivity contribution in [1.82, 2.24) is 10.6 Å². The van der Waals surface area contributed by atoms with Crippen molar-refractivity contribution in [2.24, 2.45) is 0 Å². The fraction of sp³-hybridized carbons (Fsp3) is 0.417. The number of rotatable bonds is 6. The predicted molar refractivity (Wildman–Crippen MR) is 65.2 cm³/mol. The molecule has 0 unspecified atom stereocenters. The van der Waals surface area contributed by atoms with Crippen molar-refractivity contribution in [3.63, 3.8) is 0 Å². The van der Waals surface area contributed by atoms with E-state index >= 15 is 0 Å². The van der Waals surface area contributed by atoms with Crippen molar-refractivity contribution in [1.29, 1.82) is 0 Å². The van der Waals surface area contributed by atoms with Gasteiger partial charge in [-0.15, -0.1) is 0 Å². The number of nitrogens with one attached hydrogen (secondary N) is 2. The number of aliphatic hydroxyl groups excluding tert-OH is 1. The molecule has 1 aromatic carbocycles. The number of para-hydroxylation sites is 1. The second kappa shape index (κ2) is 7.51. The zero-order valence-corrected chi connectivity index (χ0v) is 9.90. The van der Waals surface area contributed by atoms with Gasteiger partial charge in [-0.25, -0.2) is 4.79 Å². The van der Waals surface area contributed by atoms with E-state index < -0.39 is 0 Å². The van der Waals surface area contributed by atoms with Gasteiger partial charge in [-0.3, -0.25) is 0 Å². The summed E-state index contributed by atoms with van der Waals surface area (Å²) in [5.41, 5.74) is 1.07. The van der Waals surface area contributed by atoms with Crippen molar-refractivity contribution >= 4 is 6.03 Å². The number of hydrogen-bond donors (Lipinski definition) is 3. The van der Waals surface area contributed by atoms with Crippen LogP contribution in [0, 0.1) is 6.92 Å². The van der Waals surface area contributed by atoms with Gasteiger partial charge >= 0.3 is 6.03 Å². The summed E-state index contributed by atoms with van der Waals surface area (Å²) >= 11 is 0. The Bertz CT molecular complexity index is 355. The van der Waals surface area contributed by atoms with E-state index in [2.05, 4.69) is 10.6 Å². The molecule has 0 spiro atoms. The van der Waals surface area contributed by atoms with Crippen LogP contribution in [-0.4, -0.2) is 37.4 Å². The minimum absolute atomic E-state index is 0.0624. The molecule has 94 valence electrons. The first kappa shape index (κ1) is 13.3. The number of carbonyl (C=O) groups is 1. The molecule has 5 nitrogen and oxygen atoms in total. The molecule has 0 saturated carbocycles. The van der Waals surface area contributed by atoms with Crippen LogP contribution in [0.3, 0.4) is 0 Å². The quantitative estimate of drug-likeness (QED) is 0.638. The van der Waals surface area contributed by atoms with Crippen LogP contribution < -0.4 is 15.4 Å². The Kier molecular flexibility index (Phi) is 5.88. The van der Waals surface area contributed by atoms with Gasteiger partial charge in [0.25, 0.3) is 0 Å². The van der Waals surface area contributed by atoms with E-state index in [0.29, 0.717) is 13.2 Å². The van der Waals surface area contributed by atoms with Crippen molar-refractivity contribution < 1.29 is 14.6 Å². The Morgan fingerprint density at radius 2 is 2.00 bits per heavy atom. The molecule has 0 heterocycles. The largest absolute Gasteiger partial charge is 0.491 e. The van der Waals surface area contributed by atoms with Gasteiger partial charge in [0.2, 0.25) is 0 Å². The van der Waals surface area contributed by atoms with E-state index in [4.69, 9.17) is 9.84 Å². The SMILES string of the molecule is Cc1ccccc1OCCNC(=O)NCCO. The van der Waals surface area contributed by atoms with Crippen molar-refractivity contribution in [3.8, 4) is 5.75 Å². The standard InChI is InChI=1S/C12H18N2O3/c1-10-4-2-3-5-11(10)17-9-7-14-12(16)13-6-8-15/h2-5,15H,6-9H2,1H3,(H2,13,14,16). The molecule has 0 radical (unpaired) electrons. The van der Waals surface area contributed by atoms with E-state index in [0.717, 1.165) is 11.3 Å². The van der Waals surface area contributed by atoms with Crippen LogP contribution in [0.4, 0.5) is 4.79 Å². The third-order valence-corrected chi connectivity index (χ3v) is 2.14. The highest BCUT2D eigenvalue weighted by atomic mass is 16.5. The summed E-state index contributed by atoms with van der Waals surface area (Å²) in [4.78, 5) is 11.1. The summed E-state index contributed by atoms with van der Waals surface area (Å²) in [7, 11) is 0. The van der Waals surface area contributed by atoms with Crippen LogP contribution in [0.25, 0.3) is 0 Å². The molecule has 5 heteroatoms. The van der Waals surface area contributed by atoms with Crippen molar-refractivity contribution in [2.45, 2.75) is 6.92 Å². The molecule has 3 N–H and O–H groups in total. The van der Waals surface area contributed by atoms with Crippen LogP contribution in [-0.2, 0) is 0 Å². The third kappa shape index (κ3) is 5.21. The molecule has 0 aromatic heterocycles. The average Bonchev–Trinajstić information content (AvgIpc) is 2.34. The van der Waals surface area contributed by atoms with Crippen LogP contribution >= 0.6 is 0 Å². The minimum Gasteiger partial charge on any atom is -0.491 e. The van der Waals surface area contributed by atoms with E-state index in [-0.39, 0.29) is 19.2 Å².